The van der Waals surface area contributed by atoms with Crippen LogP contribution >= 0.6 is 22.9 Å². The number of carboxylic acid groups (broad SMARTS) is 1. The average Bonchev–Trinajstić information content (AvgIpc) is 3.34. The summed E-state index contributed by atoms with van der Waals surface area (Å²) in [7, 11) is 1.51. The van der Waals surface area contributed by atoms with Gasteiger partial charge in [0, 0.05) is 7.05 Å². The van der Waals surface area contributed by atoms with Gasteiger partial charge in [0.2, 0.25) is 0 Å². The summed E-state index contributed by atoms with van der Waals surface area (Å²) in [5.74, 6) is -0.222. The zero-order chi connectivity index (χ0) is 20.3. The second-order valence-electron chi connectivity index (χ2n) is 5.95. The van der Waals surface area contributed by atoms with E-state index in [2.05, 4.69) is 15.6 Å². The fraction of sp³-hybridized carbons (Fsp3) is 0.222. The second kappa shape index (κ2) is 8.41. The summed E-state index contributed by atoms with van der Waals surface area (Å²) in [5, 5.41) is 20.1. The Morgan fingerprint density at radius 3 is 2.75 bits per heavy atom. The maximum Gasteiger partial charge on any atom is 0.411 e. The molecule has 0 fully saturated rings. The summed E-state index contributed by atoms with van der Waals surface area (Å²) in [6.07, 6.45) is 1.37. The number of hydrogen-bond donors (Lipinski definition) is 2. The topological polar surface area (TPSA) is 100 Å². The fourth-order valence-electron chi connectivity index (χ4n) is 2.63. The van der Waals surface area contributed by atoms with Crippen LogP contribution in [0.15, 0.2) is 36.5 Å². The molecule has 3 rings (SSSR count). The summed E-state index contributed by atoms with van der Waals surface area (Å²) in [6.45, 7) is 2.19. The van der Waals surface area contributed by atoms with Crippen LogP contribution in [0, 0.1) is 0 Å². The molecule has 1 aromatic carbocycles. The highest BCUT2D eigenvalue weighted by atomic mass is 35.5. The third kappa shape index (κ3) is 4.32. The molecule has 0 spiro atoms. The van der Waals surface area contributed by atoms with Gasteiger partial charge in [0.25, 0.3) is 5.91 Å². The van der Waals surface area contributed by atoms with Gasteiger partial charge in [-0.25, -0.2) is 9.48 Å². The molecule has 0 saturated heterocycles. The first-order chi connectivity index (χ1) is 13.4. The molecule has 0 unspecified atom stereocenters. The van der Waals surface area contributed by atoms with Crippen molar-refractivity contribution in [3.8, 4) is 5.69 Å². The van der Waals surface area contributed by atoms with Crippen LogP contribution in [0.5, 0.6) is 0 Å². The Labute approximate surface area is 170 Å². The minimum absolute atomic E-state index is 0.222. The number of rotatable bonds is 6. The van der Waals surface area contributed by atoms with Crippen LogP contribution < -0.4 is 10.2 Å². The maximum atomic E-state index is 12.1. The summed E-state index contributed by atoms with van der Waals surface area (Å²) >= 11 is 7.05. The van der Waals surface area contributed by atoms with Crippen molar-refractivity contribution >= 4 is 40.6 Å². The van der Waals surface area contributed by atoms with Crippen LogP contribution in [0.3, 0.4) is 0 Å². The highest BCUT2D eigenvalue weighted by molar-refractivity contribution is 7.17. The number of halogens is 1. The lowest BCUT2D eigenvalue weighted by atomic mass is 10.1. The summed E-state index contributed by atoms with van der Waals surface area (Å²) in [5.41, 5.74) is 2.86. The number of hydrogen-bond acceptors (Lipinski definition) is 5. The van der Waals surface area contributed by atoms with Crippen molar-refractivity contribution in [3.63, 3.8) is 0 Å². The van der Waals surface area contributed by atoms with Gasteiger partial charge in [0.05, 0.1) is 33.3 Å². The number of nitrogens with one attached hydrogen (secondary N) is 1. The zero-order valence-corrected chi connectivity index (χ0v) is 16.8. The van der Waals surface area contributed by atoms with Gasteiger partial charge in [-0.05, 0) is 42.3 Å². The van der Waals surface area contributed by atoms with Gasteiger partial charge in [-0.15, -0.1) is 16.4 Å². The number of benzene rings is 1. The van der Waals surface area contributed by atoms with E-state index in [-0.39, 0.29) is 12.5 Å². The third-order valence-corrected chi connectivity index (χ3v) is 5.35. The van der Waals surface area contributed by atoms with Crippen LogP contribution in [-0.4, -0.2) is 39.1 Å². The van der Waals surface area contributed by atoms with Crippen molar-refractivity contribution < 1.29 is 14.7 Å². The maximum absolute atomic E-state index is 12.1. The smallest absolute Gasteiger partial charge is 0.411 e. The molecule has 2 N–H and O–H groups in total. The van der Waals surface area contributed by atoms with Gasteiger partial charge in [-0.2, -0.15) is 0 Å². The van der Waals surface area contributed by atoms with Crippen LogP contribution in [0.2, 0.25) is 4.34 Å². The fourth-order valence-corrected chi connectivity index (χ4v) is 3.59. The van der Waals surface area contributed by atoms with Crippen molar-refractivity contribution in [1.29, 1.82) is 0 Å². The van der Waals surface area contributed by atoms with E-state index in [1.165, 1.54) is 23.3 Å². The van der Waals surface area contributed by atoms with Crippen molar-refractivity contribution in [3.05, 3.63) is 57.0 Å². The quantitative estimate of drug-likeness (QED) is 0.635. The first-order valence-electron chi connectivity index (χ1n) is 8.43. The molecular formula is C18H18ClN5O3S. The molecule has 3 aromatic rings. The Hall–Kier alpha value is -2.91. The van der Waals surface area contributed by atoms with Gasteiger partial charge >= 0.3 is 6.09 Å². The number of aromatic nitrogens is 3. The number of amides is 2. The largest absolute Gasteiger partial charge is 0.465 e. The van der Waals surface area contributed by atoms with E-state index in [1.807, 2.05) is 13.0 Å². The number of nitrogens with zero attached hydrogens (tertiary/aromatic N) is 4. The molecule has 0 saturated carbocycles. The molecule has 0 bridgehead atoms. The summed E-state index contributed by atoms with van der Waals surface area (Å²) in [4.78, 5) is 25.0. The molecule has 2 aromatic heterocycles. The van der Waals surface area contributed by atoms with Gasteiger partial charge < -0.3 is 10.4 Å². The van der Waals surface area contributed by atoms with E-state index >= 15 is 0 Å². The van der Waals surface area contributed by atoms with Crippen LogP contribution in [0.4, 0.5) is 10.5 Å². The van der Waals surface area contributed by atoms with E-state index in [1.54, 1.807) is 35.1 Å². The Balaban J connectivity index is 1.72. The second-order valence-corrected chi connectivity index (χ2v) is 7.66. The molecule has 0 aliphatic heterocycles. The molecule has 28 heavy (non-hydrogen) atoms. The summed E-state index contributed by atoms with van der Waals surface area (Å²) < 4.78 is 2.15. The van der Waals surface area contributed by atoms with Crippen molar-refractivity contribution in [2.45, 2.75) is 19.9 Å². The standard InChI is InChI=1S/C18H18ClN5O3S/c1-3-11-8-13(4-5-14(11)23(2)18(26)27)24-10-12(21-22-24)9-20-17(25)15-6-7-16(19)28-15/h4-8,10H,3,9H2,1-2H3,(H,20,25)(H,26,27). The zero-order valence-electron chi connectivity index (χ0n) is 15.2. The van der Waals surface area contributed by atoms with Gasteiger partial charge in [0.1, 0.15) is 5.69 Å². The van der Waals surface area contributed by atoms with E-state index in [0.717, 1.165) is 11.3 Å². The molecule has 0 radical (unpaired) electrons. The lowest BCUT2D eigenvalue weighted by Crippen LogP contribution is -2.25. The monoisotopic (exact) mass is 419 g/mol. The molecule has 2 heterocycles. The minimum Gasteiger partial charge on any atom is -0.465 e. The van der Waals surface area contributed by atoms with Crippen LogP contribution in [0.25, 0.3) is 5.69 Å². The highest BCUT2D eigenvalue weighted by Crippen LogP contribution is 2.24. The summed E-state index contributed by atoms with van der Waals surface area (Å²) in [6, 6.07) is 8.74. The van der Waals surface area contributed by atoms with E-state index in [4.69, 9.17) is 11.6 Å². The van der Waals surface area contributed by atoms with Gasteiger partial charge in [-0.3, -0.25) is 9.69 Å². The predicted molar refractivity (Wildman–Crippen MR) is 108 cm³/mol. The van der Waals surface area contributed by atoms with Gasteiger partial charge in [0.15, 0.2) is 0 Å². The van der Waals surface area contributed by atoms with Crippen LogP contribution in [0.1, 0.15) is 27.9 Å². The Morgan fingerprint density at radius 1 is 1.32 bits per heavy atom. The molecule has 8 nitrogen and oxygen atoms in total. The SMILES string of the molecule is CCc1cc(-n2cc(CNC(=O)c3ccc(Cl)s3)nn2)ccc1N(C)C(=O)O. The normalized spacial score (nSPS) is 10.7. The van der Waals surface area contributed by atoms with Crippen molar-refractivity contribution in [2.24, 2.45) is 0 Å². The van der Waals surface area contributed by atoms with Gasteiger partial charge in [-0.1, -0.05) is 23.7 Å². The third-order valence-electron chi connectivity index (χ3n) is 4.12. The van der Waals surface area contributed by atoms with Crippen molar-refractivity contribution in [1.82, 2.24) is 20.3 Å². The highest BCUT2D eigenvalue weighted by Gasteiger charge is 2.14. The molecule has 2 amide bonds. The first-order valence-corrected chi connectivity index (χ1v) is 9.63. The minimum atomic E-state index is -1.02. The number of thiophene rings is 1. The molecule has 0 aliphatic carbocycles. The average molecular weight is 420 g/mol. The molecule has 10 heteroatoms. The first kappa shape index (κ1) is 19.8. The Kier molecular flexibility index (Phi) is 5.96. The van der Waals surface area contributed by atoms with E-state index in [9.17, 15) is 14.7 Å². The molecule has 0 atom stereocenters. The number of anilines is 1. The Morgan fingerprint density at radius 2 is 2.11 bits per heavy atom. The van der Waals surface area contributed by atoms with Crippen molar-refractivity contribution in [2.75, 3.05) is 11.9 Å². The number of aryl methyl sites for hydroxylation is 1. The lowest BCUT2D eigenvalue weighted by molar-refractivity contribution is 0.0954. The molecule has 0 aliphatic rings. The lowest BCUT2D eigenvalue weighted by Gasteiger charge is -2.17. The Bertz CT molecular complexity index is 1020. The predicted octanol–water partition coefficient (Wildman–Crippen LogP) is 3.59. The van der Waals surface area contributed by atoms with Crippen LogP contribution in [-0.2, 0) is 13.0 Å². The van der Waals surface area contributed by atoms with E-state index in [0.29, 0.717) is 27.0 Å². The molecule has 146 valence electrons. The number of carbonyl (C=O) groups excluding carboxylic acids is 1. The number of carbonyl (C=O) groups is 2. The molecular weight excluding hydrogens is 402 g/mol. The van der Waals surface area contributed by atoms with E-state index < -0.39 is 6.09 Å².